The molecule has 1 heterocycles. The van der Waals surface area contributed by atoms with Crippen LogP contribution in [0.3, 0.4) is 0 Å². The summed E-state index contributed by atoms with van der Waals surface area (Å²) in [6.07, 6.45) is 6.57. The van der Waals surface area contributed by atoms with E-state index < -0.39 is 0 Å². The molecule has 2 fully saturated rings. The predicted octanol–water partition coefficient (Wildman–Crippen LogP) is 3.39. The number of piperidine rings is 1. The lowest BCUT2D eigenvalue weighted by Crippen LogP contribution is -2.26. The highest BCUT2D eigenvalue weighted by Gasteiger charge is 2.27. The van der Waals surface area contributed by atoms with Crippen LogP contribution in [-0.4, -0.2) is 13.7 Å². The summed E-state index contributed by atoms with van der Waals surface area (Å²) >= 11 is 0. The Morgan fingerprint density at radius 3 is 2.71 bits per heavy atom. The summed E-state index contributed by atoms with van der Waals surface area (Å²) in [6, 6.07) is 7.35. The average Bonchev–Trinajstić information content (AvgIpc) is 3.23. The minimum atomic E-state index is 0.533. The zero-order valence-corrected chi connectivity index (χ0v) is 10.5. The summed E-state index contributed by atoms with van der Waals surface area (Å²) in [5.74, 6) is 1.86. The lowest BCUT2D eigenvalue weighted by Gasteiger charge is -2.24. The van der Waals surface area contributed by atoms with Gasteiger partial charge in [0.25, 0.3) is 0 Å². The van der Waals surface area contributed by atoms with Gasteiger partial charge in [-0.15, -0.1) is 0 Å². The van der Waals surface area contributed by atoms with Crippen molar-refractivity contribution in [2.45, 2.75) is 44.1 Å². The molecular weight excluding hydrogens is 210 g/mol. The smallest absolute Gasteiger partial charge is 0.122 e. The molecule has 3 rings (SSSR count). The van der Waals surface area contributed by atoms with Gasteiger partial charge in [-0.05, 0) is 55.3 Å². The second kappa shape index (κ2) is 4.69. The summed E-state index contributed by atoms with van der Waals surface area (Å²) in [7, 11) is 1.79. The van der Waals surface area contributed by atoms with Gasteiger partial charge in [0.1, 0.15) is 5.75 Å². The van der Waals surface area contributed by atoms with Gasteiger partial charge in [0.15, 0.2) is 0 Å². The third-order valence-corrected chi connectivity index (χ3v) is 3.99. The molecule has 1 saturated carbocycles. The lowest BCUT2D eigenvalue weighted by molar-refractivity contribution is 0.397. The quantitative estimate of drug-likeness (QED) is 0.861. The Bertz CT molecular complexity index is 392. The lowest BCUT2D eigenvalue weighted by atomic mass is 9.95. The van der Waals surface area contributed by atoms with E-state index in [2.05, 4.69) is 23.5 Å². The van der Waals surface area contributed by atoms with Crippen LogP contribution in [-0.2, 0) is 0 Å². The van der Waals surface area contributed by atoms with Gasteiger partial charge in [-0.2, -0.15) is 0 Å². The Balaban J connectivity index is 1.84. The third-order valence-electron chi connectivity index (χ3n) is 3.99. The van der Waals surface area contributed by atoms with E-state index in [1.165, 1.54) is 43.2 Å². The van der Waals surface area contributed by atoms with E-state index in [1.807, 2.05) is 0 Å². The number of methoxy groups -OCH3 is 1. The third kappa shape index (κ3) is 2.32. The minimum Gasteiger partial charge on any atom is -0.496 e. The molecule has 2 aliphatic rings. The van der Waals surface area contributed by atoms with Crippen LogP contribution < -0.4 is 10.1 Å². The number of rotatable bonds is 3. The molecule has 92 valence electrons. The monoisotopic (exact) mass is 231 g/mol. The molecule has 1 aliphatic heterocycles. The van der Waals surface area contributed by atoms with Crippen molar-refractivity contribution < 1.29 is 4.74 Å². The molecule has 2 heteroatoms. The summed E-state index contributed by atoms with van der Waals surface area (Å²) < 4.78 is 5.55. The molecule has 17 heavy (non-hydrogen) atoms. The maximum absolute atomic E-state index is 5.55. The van der Waals surface area contributed by atoms with Crippen molar-refractivity contribution >= 4 is 0 Å². The standard InChI is InChI=1S/C15H21NO/c1-17-15-10-12(14-4-2-3-9-16-14)7-8-13(15)11-5-6-11/h7-8,10-11,14,16H,2-6,9H2,1H3. The SMILES string of the molecule is COc1cc(C2CCCCN2)ccc1C1CC1. The van der Waals surface area contributed by atoms with Gasteiger partial charge in [0, 0.05) is 6.04 Å². The van der Waals surface area contributed by atoms with Crippen LogP contribution in [0.15, 0.2) is 18.2 Å². The maximum atomic E-state index is 5.55. The van der Waals surface area contributed by atoms with E-state index in [1.54, 1.807) is 7.11 Å². The van der Waals surface area contributed by atoms with Gasteiger partial charge in [0.05, 0.1) is 7.11 Å². The maximum Gasteiger partial charge on any atom is 0.122 e. The molecule has 1 aromatic carbocycles. The van der Waals surface area contributed by atoms with Gasteiger partial charge in [-0.25, -0.2) is 0 Å². The van der Waals surface area contributed by atoms with Crippen LogP contribution in [0.1, 0.15) is 55.2 Å². The van der Waals surface area contributed by atoms with Crippen LogP contribution in [0.25, 0.3) is 0 Å². The summed E-state index contributed by atoms with van der Waals surface area (Å²) in [5, 5.41) is 3.60. The van der Waals surface area contributed by atoms with Crippen molar-refractivity contribution in [2.75, 3.05) is 13.7 Å². The molecule has 1 aromatic rings. The van der Waals surface area contributed by atoms with E-state index in [-0.39, 0.29) is 0 Å². The topological polar surface area (TPSA) is 21.3 Å². The molecule has 1 saturated heterocycles. The van der Waals surface area contributed by atoms with Crippen LogP contribution in [0.2, 0.25) is 0 Å². The van der Waals surface area contributed by atoms with E-state index in [9.17, 15) is 0 Å². The van der Waals surface area contributed by atoms with Gasteiger partial charge in [-0.3, -0.25) is 0 Å². The Hall–Kier alpha value is -1.02. The molecule has 1 unspecified atom stereocenters. The molecule has 1 N–H and O–H groups in total. The van der Waals surface area contributed by atoms with Crippen molar-refractivity contribution in [3.63, 3.8) is 0 Å². The first kappa shape index (κ1) is 11.1. The highest BCUT2D eigenvalue weighted by molar-refractivity contribution is 5.42. The van der Waals surface area contributed by atoms with Crippen molar-refractivity contribution in [2.24, 2.45) is 0 Å². The van der Waals surface area contributed by atoms with Crippen molar-refractivity contribution in [1.29, 1.82) is 0 Å². The fourth-order valence-electron chi connectivity index (χ4n) is 2.81. The molecule has 0 radical (unpaired) electrons. The van der Waals surface area contributed by atoms with Gasteiger partial charge >= 0.3 is 0 Å². The Morgan fingerprint density at radius 1 is 1.18 bits per heavy atom. The Labute approximate surface area is 103 Å². The Kier molecular flexibility index (Phi) is 3.06. The van der Waals surface area contributed by atoms with E-state index in [0.29, 0.717) is 6.04 Å². The van der Waals surface area contributed by atoms with Crippen LogP contribution >= 0.6 is 0 Å². The second-order valence-electron chi connectivity index (χ2n) is 5.28. The zero-order chi connectivity index (χ0) is 11.7. The number of nitrogens with one attached hydrogen (secondary N) is 1. The van der Waals surface area contributed by atoms with Gasteiger partial charge < -0.3 is 10.1 Å². The molecule has 2 nitrogen and oxygen atoms in total. The summed E-state index contributed by atoms with van der Waals surface area (Å²) in [5.41, 5.74) is 2.80. The Morgan fingerprint density at radius 2 is 2.06 bits per heavy atom. The van der Waals surface area contributed by atoms with Crippen molar-refractivity contribution in [3.05, 3.63) is 29.3 Å². The highest BCUT2D eigenvalue weighted by Crippen LogP contribution is 2.45. The van der Waals surface area contributed by atoms with Crippen LogP contribution in [0, 0.1) is 0 Å². The van der Waals surface area contributed by atoms with Gasteiger partial charge in [-0.1, -0.05) is 18.6 Å². The zero-order valence-electron chi connectivity index (χ0n) is 10.5. The first-order chi connectivity index (χ1) is 8.38. The van der Waals surface area contributed by atoms with E-state index in [4.69, 9.17) is 4.74 Å². The summed E-state index contributed by atoms with van der Waals surface area (Å²) in [4.78, 5) is 0. The molecular formula is C15H21NO. The molecule has 0 amide bonds. The molecule has 0 aromatic heterocycles. The van der Waals surface area contributed by atoms with Crippen molar-refractivity contribution in [1.82, 2.24) is 5.32 Å². The fraction of sp³-hybridized carbons (Fsp3) is 0.600. The number of benzene rings is 1. The van der Waals surface area contributed by atoms with E-state index in [0.717, 1.165) is 18.2 Å². The molecule has 0 bridgehead atoms. The van der Waals surface area contributed by atoms with Gasteiger partial charge in [0.2, 0.25) is 0 Å². The molecule has 1 atom stereocenters. The first-order valence-corrected chi connectivity index (χ1v) is 6.79. The van der Waals surface area contributed by atoms with E-state index >= 15 is 0 Å². The normalized spacial score (nSPS) is 24.6. The fourth-order valence-corrected chi connectivity index (χ4v) is 2.81. The number of hydrogen-bond acceptors (Lipinski definition) is 2. The number of hydrogen-bond donors (Lipinski definition) is 1. The number of ether oxygens (including phenoxy) is 1. The minimum absolute atomic E-state index is 0.533. The van der Waals surface area contributed by atoms with Crippen LogP contribution in [0.5, 0.6) is 5.75 Å². The predicted molar refractivity (Wildman–Crippen MR) is 69.6 cm³/mol. The summed E-state index contributed by atoms with van der Waals surface area (Å²) in [6.45, 7) is 1.15. The average molecular weight is 231 g/mol. The first-order valence-electron chi connectivity index (χ1n) is 6.79. The van der Waals surface area contributed by atoms with Crippen LogP contribution in [0.4, 0.5) is 0 Å². The largest absolute Gasteiger partial charge is 0.496 e. The van der Waals surface area contributed by atoms with Crippen molar-refractivity contribution in [3.8, 4) is 5.75 Å². The molecule has 1 aliphatic carbocycles. The highest BCUT2D eigenvalue weighted by atomic mass is 16.5. The molecule has 0 spiro atoms. The second-order valence-corrected chi connectivity index (χ2v) is 5.28.